The number of halogens is 1. The van der Waals surface area contributed by atoms with Crippen LogP contribution in [0.25, 0.3) is 0 Å². The minimum Gasteiger partial charge on any atom is -0.478 e. The Morgan fingerprint density at radius 1 is 1.48 bits per heavy atom. The van der Waals surface area contributed by atoms with E-state index in [1.54, 1.807) is 11.0 Å². The van der Waals surface area contributed by atoms with E-state index in [1.807, 2.05) is 11.8 Å². The molecular weight excluding hydrogens is 312 g/mol. The minimum atomic E-state index is -1.08. The zero-order chi connectivity index (χ0) is 15.4. The molecule has 1 unspecified atom stereocenters. The van der Waals surface area contributed by atoms with Crippen LogP contribution in [0.15, 0.2) is 18.2 Å². The van der Waals surface area contributed by atoms with Gasteiger partial charge in [0.1, 0.15) is 0 Å². The van der Waals surface area contributed by atoms with Gasteiger partial charge in [0.25, 0.3) is 0 Å². The fraction of sp³-hybridized carbons (Fsp3) is 0.429. The average Bonchev–Trinajstić information content (AvgIpc) is 2.46. The van der Waals surface area contributed by atoms with Crippen LogP contribution >= 0.6 is 23.4 Å². The van der Waals surface area contributed by atoms with E-state index >= 15 is 0 Å². The summed E-state index contributed by atoms with van der Waals surface area (Å²) in [6.07, 6.45) is 1.02. The van der Waals surface area contributed by atoms with Gasteiger partial charge < -0.3 is 15.3 Å². The van der Waals surface area contributed by atoms with Crippen LogP contribution in [0.1, 0.15) is 23.7 Å². The van der Waals surface area contributed by atoms with Gasteiger partial charge in [-0.3, -0.25) is 0 Å². The van der Waals surface area contributed by atoms with Gasteiger partial charge in [0.05, 0.1) is 5.56 Å². The second-order valence-electron chi connectivity index (χ2n) is 4.81. The highest BCUT2D eigenvalue weighted by Gasteiger charge is 2.23. The molecule has 2 amide bonds. The van der Waals surface area contributed by atoms with Gasteiger partial charge in [0.15, 0.2) is 0 Å². The summed E-state index contributed by atoms with van der Waals surface area (Å²) in [5.74, 6) is -0.157. The highest BCUT2D eigenvalue weighted by molar-refractivity contribution is 8.00. The second kappa shape index (κ2) is 7.04. The fourth-order valence-electron chi connectivity index (χ4n) is 2.14. The van der Waals surface area contributed by atoms with Crippen LogP contribution in [0.3, 0.4) is 0 Å². The summed E-state index contributed by atoms with van der Waals surface area (Å²) in [7, 11) is 0. The predicted octanol–water partition coefficient (Wildman–Crippen LogP) is 3.40. The number of carboxylic acids is 1. The van der Waals surface area contributed by atoms with Crippen molar-refractivity contribution in [2.24, 2.45) is 0 Å². The molecule has 1 aliphatic rings. The number of benzene rings is 1. The van der Waals surface area contributed by atoms with Crippen LogP contribution in [-0.2, 0) is 0 Å². The van der Waals surface area contributed by atoms with Crippen molar-refractivity contribution in [2.45, 2.75) is 18.6 Å². The SMILES string of the molecule is CCC1CN(C(=O)Nc2cc(Cl)cc(C(=O)O)c2)CCS1. The largest absolute Gasteiger partial charge is 0.478 e. The molecule has 1 heterocycles. The monoisotopic (exact) mass is 328 g/mol. The summed E-state index contributed by atoms with van der Waals surface area (Å²) in [4.78, 5) is 25.0. The molecule has 1 aliphatic heterocycles. The van der Waals surface area contributed by atoms with Crippen LogP contribution in [0, 0.1) is 0 Å². The van der Waals surface area contributed by atoms with Crippen molar-refractivity contribution in [3.63, 3.8) is 0 Å². The van der Waals surface area contributed by atoms with E-state index in [2.05, 4.69) is 12.2 Å². The number of rotatable bonds is 3. The molecule has 0 spiro atoms. The molecule has 5 nitrogen and oxygen atoms in total. The van der Waals surface area contributed by atoms with Gasteiger partial charge in [-0.25, -0.2) is 9.59 Å². The smallest absolute Gasteiger partial charge is 0.335 e. The molecule has 0 bridgehead atoms. The summed E-state index contributed by atoms with van der Waals surface area (Å²) in [5.41, 5.74) is 0.453. The molecule has 21 heavy (non-hydrogen) atoms. The normalized spacial score (nSPS) is 18.4. The average molecular weight is 329 g/mol. The van der Waals surface area contributed by atoms with Gasteiger partial charge in [-0.05, 0) is 24.6 Å². The van der Waals surface area contributed by atoms with Gasteiger partial charge in [-0.2, -0.15) is 11.8 Å². The lowest BCUT2D eigenvalue weighted by Gasteiger charge is -2.31. The van der Waals surface area contributed by atoms with Crippen LogP contribution in [-0.4, -0.2) is 46.1 Å². The maximum Gasteiger partial charge on any atom is 0.335 e. The Morgan fingerprint density at radius 2 is 2.24 bits per heavy atom. The van der Waals surface area contributed by atoms with Crippen molar-refractivity contribution in [2.75, 3.05) is 24.2 Å². The molecule has 114 valence electrons. The predicted molar refractivity (Wildman–Crippen MR) is 85.5 cm³/mol. The number of anilines is 1. The first-order chi connectivity index (χ1) is 9.99. The molecular formula is C14H17ClN2O3S. The zero-order valence-corrected chi connectivity index (χ0v) is 13.2. The van der Waals surface area contributed by atoms with E-state index < -0.39 is 5.97 Å². The highest BCUT2D eigenvalue weighted by Crippen LogP contribution is 2.23. The van der Waals surface area contributed by atoms with Crippen LogP contribution in [0.5, 0.6) is 0 Å². The number of amides is 2. The highest BCUT2D eigenvalue weighted by atomic mass is 35.5. The number of nitrogens with one attached hydrogen (secondary N) is 1. The Bertz CT molecular complexity index is 553. The van der Waals surface area contributed by atoms with Crippen molar-refractivity contribution in [1.29, 1.82) is 0 Å². The second-order valence-corrected chi connectivity index (χ2v) is 6.66. The Hall–Kier alpha value is -1.40. The van der Waals surface area contributed by atoms with E-state index in [0.29, 0.717) is 24.0 Å². The Balaban J connectivity index is 2.07. The molecule has 2 rings (SSSR count). The molecule has 1 fully saturated rings. The van der Waals surface area contributed by atoms with Crippen molar-refractivity contribution in [3.8, 4) is 0 Å². The Kier molecular flexibility index (Phi) is 5.36. The standard InChI is InChI=1S/C14H17ClN2O3S/c1-2-12-8-17(3-4-21-12)14(20)16-11-6-9(13(18)19)5-10(15)7-11/h5-7,12H,2-4,8H2,1H3,(H,16,20)(H,18,19). The molecule has 1 atom stereocenters. The van der Waals surface area contributed by atoms with E-state index in [-0.39, 0.29) is 16.6 Å². The molecule has 0 radical (unpaired) electrons. The van der Waals surface area contributed by atoms with E-state index in [9.17, 15) is 9.59 Å². The first-order valence-corrected chi connectivity index (χ1v) is 8.13. The number of thioether (sulfide) groups is 1. The number of carbonyl (C=O) groups is 2. The Morgan fingerprint density at radius 3 is 2.90 bits per heavy atom. The van der Waals surface area contributed by atoms with E-state index in [4.69, 9.17) is 16.7 Å². The van der Waals surface area contributed by atoms with Crippen molar-refractivity contribution >= 4 is 41.1 Å². The van der Waals surface area contributed by atoms with Gasteiger partial charge in [0.2, 0.25) is 0 Å². The molecule has 0 saturated carbocycles. The van der Waals surface area contributed by atoms with Gasteiger partial charge in [-0.1, -0.05) is 18.5 Å². The summed E-state index contributed by atoms with van der Waals surface area (Å²) < 4.78 is 0. The van der Waals surface area contributed by atoms with Crippen molar-refractivity contribution in [1.82, 2.24) is 4.90 Å². The zero-order valence-electron chi connectivity index (χ0n) is 11.6. The number of carboxylic acid groups (broad SMARTS) is 1. The topological polar surface area (TPSA) is 69.6 Å². The van der Waals surface area contributed by atoms with Crippen molar-refractivity contribution < 1.29 is 14.7 Å². The molecule has 2 N–H and O–H groups in total. The van der Waals surface area contributed by atoms with E-state index in [1.165, 1.54) is 12.1 Å². The fourth-order valence-corrected chi connectivity index (χ4v) is 3.55. The lowest BCUT2D eigenvalue weighted by molar-refractivity contribution is 0.0697. The first-order valence-electron chi connectivity index (χ1n) is 6.71. The van der Waals surface area contributed by atoms with Crippen LogP contribution < -0.4 is 5.32 Å². The molecule has 1 aromatic rings. The van der Waals surface area contributed by atoms with Crippen molar-refractivity contribution in [3.05, 3.63) is 28.8 Å². The third kappa shape index (κ3) is 4.28. The van der Waals surface area contributed by atoms with Gasteiger partial charge in [-0.15, -0.1) is 0 Å². The van der Waals surface area contributed by atoms with Gasteiger partial charge >= 0.3 is 12.0 Å². The number of nitrogens with zero attached hydrogens (tertiary/aromatic N) is 1. The summed E-state index contributed by atoms with van der Waals surface area (Å²) in [5, 5.41) is 12.5. The number of carbonyl (C=O) groups excluding carboxylic acids is 1. The quantitative estimate of drug-likeness (QED) is 0.892. The maximum atomic E-state index is 12.2. The Labute approximate surface area is 132 Å². The number of urea groups is 1. The minimum absolute atomic E-state index is 0.0541. The number of aromatic carboxylic acids is 1. The molecule has 0 aliphatic carbocycles. The lowest BCUT2D eigenvalue weighted by atomic mass is 10.2. The van der Waals surface area contributed by atoms with Crippen LogP contribution in [0.2, 0.25) is 5.02 Å². The molecule has 1 aromatic carbocycles. The summed E-state index contributed by atoms with van der Waals surface area (Å²) in [6.45, 7) is 3.51. The lowest BCUT2D eigenvalue weighted by Crippen LogP contribution is -2.44. The third-order valence-electron chi connectivity index (χ3n) is 3.28. The number of hydrogen-bond donors (Lipinski definition) is 2. The molecule has 0 aromatic heterocycles. The summed E-state index contributed by atoms with van der Waals surface area (Å²) in [6, 6.07) is 4.08. The van der Waals surface area contributed by atoms with Crippen LogP contribution in [0.4, 0.5) is 10.5 Å². The third-order valence-corrected chi connectivity index (χ3v) is 4.87. The maximum absolute atomic E-state index is 12.2. The molecule has 7 heteroatoms. The summed E-state index contributed by atoms with van der Waals surface area (Å²) >= 11 is 7.76. The molecule has 1 saturated heterocycles. The first kappa shape index (κ1) is 16.0. The van der Waals surface area contributed by atoms with E-state index in [0.717, 1.165) is 12.2 Å². The number of hydrogen-bond acceptors (Lipinski definition) is 3. The van der Waals surface area contributed by atoms with Gasteiger partial charge in [0, 0.05) is 34.8 Å².